The number of aliphatic hydroxyl groups excluding tert-OH is 2. The van der Waals surface area contributed by atoms with Gasteiger partial charge in [0.25, 0.3) is 0 Å². The van der Waals surface area contributed by atoms with Gasteiger partial charge in [-0.1, -0.05) is 11.6 Å². The predicted molar refractivity (Wildman–Crippen MR) is 109 cm³/mol. The Labute approximate surface area is 169 Å². The summed E-state index contributed by atoms with van der Waals surface area (Å²) >= 11 is 6.12. The number of halogens is 1. The van der Waals surface area contributed by atoms with Crippen molar-refractivity contribution in [1.29, 1.82) is 0 Å². The van der Waals surface area contributed by atoms with Gasteiger partial charge in [0.15, 0.2) is 0 Å². The first-order valence-electron chi connectivity index (χ1n) is 9.23. The lowest BCUT2D eigenvalue weighted by atomic mass is 10.3. The van der Waals surface area contributed by atoms with E-state index in [-0.39, 0.29) is 13.2 Å². The van der Waals surface area contributed by atoms with Gasteiger partial charge in [-0.2, -0.15) is 15.0 Å². The van der Waals surface area contributed by atoms with Gasteiger partial charge in [0.1, 0.15) is 5.75 Å². The van der Waals surface area contributed by atoms with Crippen molar-refractivity contribution in [3.63, 3.8) is 0 Å². The van der Waals surface area contributed by atoms with Crippen molar-refractivity contribution in [2.24, 2.45) is 0 Å². The van der Waals surface area contributed by atoms with Crippen LogP contribution in [0, 0.1) is 0 Å². The number of benzene rings is 1. The molecule has 0 atom stereocenters. The Morgan fingerprint density at radius 1 is 1.14 bits per heavy atom. The lowest BCUT2D eigenvalue weighted by molar-refractivity contribution is 0.280. The predicted octanol–water partition coefficient (Wildman–Crippen LogP) is 1.67. The number of methoxy groups -OCH3 is 1. The summed E-state index contributed by atoms with van der Waals surface area (Å²) in [6.07, 6.45) is 2.17. The number of anilines is 4. The first-order valence-corrected chi connectivity index (χ1v) is 9.60. The van der Waals surface area contributed by atoms with Crippen LogP contribution >= 0.6 is 11.6 Å². The normalized spacial score (nSPS) is 13.6. The standard InChI is InChI=1S/C18H25ClN6O3/c1-28-15-5-4-13(19)12-14(15)20-16-21-17(24-6-2-3-7-24)23-18(22-16)25(8-10-26)9-11-27/h4-5,12,26-27H,2-3,6-11H2,1H3,(H,20,21,22,23). The second-order valence-electron chi connectivity index (χ2n) is 6.36. The van der Waals surface area contributed by atoms with Gasteiger partial charge in [-0.05, 0) is 31.0 Å². The summed E-state index contributed by atoms with van der Waals surface area (Å²) in [4.78, 5) is 17.4. The molecule has 3 rings (SSSR count). The number of ether oxygens (including phenoxy) is 1. The molecule has 1 aliphatic heterocycles. The average Bonchev–Trinajstić information content (AvgIpc) is 3.23. The fourth-order valence-electron chi connectivity index (χ4n) is 3.06. The van der Waals surface area contributed by atoms with Crippen molar-refractivity contribution in [3.05, 3.63) is 23.2 Å². The topological polar surface area (TPSA) is 107 Å². The van der Waals surface area contributed by atoms with Gasteiger partial charge in [-0.3, -0.25) is 0 Å². The van der Waals surface area contributed by atoms with Crippen LogP contribution in [0.15, 0.2) is 18.2 Å². The Morgan fingerprint density at radius 3 is 2.50 bits per heavy atom. The number of aliphatic hydroxyl groups is 2. The highest BCUT2D eigenvalue weighted by Gasteiger charge is 2.20. The molecule has 1 saturated heterocycles. The summed E-state index contributed by atoms with van der Waals surface area (Å²) < 4.78 is 5.38. The summed E-state index contributed by atoms with van der Waals surface area (Å²) in [6.45, 7) is 2.23. The lowest BCUT2D eigenvalue weighted by Crippen LogP contribution is -2.32. The molecule has 1 fully saturated rings. The Morgan fingerprint density at radius 2 is 1.86 bits per heavy atom. The third-order valence-electron chi connectivity index (χ3n) is 4.43. The van der Waals surface area contributed by atoms with Crippen LogP contribution in [0.4, 0.5) is 23.5 Å². The minimum Gasteiger partial charge on any atom is -0.495 e. The van der Waals surface area contributed by atoms with E-state index in [1.54, 1.807) is 30.2 Å². The smallest absolute Gasteiger partial charge is 0.233 e. The number of hydrogen-bond donors (Lipinski definition) is 3. The zero-order valence-electron chi connectivity index (χ0n) is 15.8. The van der Waals surface area contributed by atoms with Gasteiger partial charge in [-0.15, -0.1) is 0 Å². The van der Waals surface area contributed by atoms with Crippen molar-refractivity contribution < 1.29 is 14.9 Å². The largest absolute Gasteiger partial charge is 0.495 e. The molecule has 0 bridgehead atoms. The number of aromatic nitrogens is 3. The second kappa shape index (κ2) is 9.72. The fraction of sp³-hybridized carbons (Fsp3) is 0.500. The zero-order valence-corrected chi connectivity index (χ0v) is 16.6. The molecule has 0 unspecified atom stereocenters. The van der Waals surface area contributed by atoms with Gasteiger partial charge in [-0.25, -0.2) is 0 Å². The fourth-order valence-corrected chi connectivity index (χ4v) is 3.23. The third-order valence-corrected chi connectivity index (χ3v) is 4.67. The van der Waals surface area contributed by atoms with Gasteiger partial charge < -0.3 is 30.1 Å². The average molecular weight is 409 g/mol. The minimum atomic E-state index is -0.0738. The molecule has 1 aromatic carbocycles. The number of rotatable bonds is 9. The van der Waals surface area contributed by atoms with E-state index in [1.165, 1.54) is 0 Å². The van der Waals surface area contributed by atoms with Crippen LogP contribution in [0.5, 0.6) is 5.75 Å². The summed E-state index contributed by atoms with van der Waals surface area (Å²) in [7, 11) is 1.58. The molecule has 10 heteroatoms. The first-order chi connectivity index (χ1) is 13.6. The molecular weight excluding hydrogens is 384 g/mol. The van der Waals surface area contributed by atoms with Crippen LogP contribution in [-0.2, 0) is 0 Å². The molecule has 0 radical (unpaired) electrons. The van der Waals surface area contributed by atoms with Gasteiger partial charge in [0.05, 0.1) is 26.0 Å². The van der Waals surface area contributed by atoms with Crippen LogP contribution in [0.1, 0.15) is 12.8 Å². The molecule has 2 aromatic rings. The third kappa shape index (κ3) is 4.92. The molecule has 3 N–H and O–H groups in total. The molecule has 0 amide bonds. The highest BCUT2D eigenvalue weighted by Crippen LogP contribution is 2.30. The molecule has 0 aliphatic carbocycles. The van der Waals surface area contributed by atoms with Gasteiger partial charge >= 0.3 is 0 Å². The van der Waals surface area contributed by atoms with Crippen LogP contribution in [0.2, 0.25) is 5.02 Å². The Bertz CT molecular complexity index is 782. The number of nitrogens with zero attached hydrogens (tertiary/aromatic N) is 5. The van der Waals surface area contributed by atoms with Crippen molar-refractivity contribution in [1.82, 2.24) is 15.0 Å². The van der Waals surface area contributed by atoms with Gasteiger partial charge in [0, 0.05) is 31.2 Å². The molecule has 1 aromatic heterocycles. The van der Waals surface area contributed by atoms with Gasteiger partial charge in [0.2, 0.25) is 17.8 Å². The molecule has 1 aliphatic rings. The van der Waals surface area contributed by atoms with Crippen molar-refractivity contribution in [3.8, 4) is 5.75 Å². The maximum atomic E-state index is 9.36. The van der Waals surface area contributed by atoms with E-state index in [0.717, 1.165) is 25.9 Å². The monoisotopic (exact) mass is 408 g/mol. The summed E-state index contributed by atoms with van der Waals surface area (Å²) in [5.74, 6) is 1.90. The SMILES string of the molecule is COc1ccc(Cl)cc1Nc1nc(N(CCO)CCO)nc(N2CCCC2)n1. The lowest BCUT2D eigenvalue weighted by Gasteiger charge is -2.23. The maximum absolute atomic E-state index is 9.36. The van der Waals surface area contributed by atoms with Crippen molar-refractivity contribution in [2.45, 2.75) is 12.8 Å². The Balaban J connectivity index is 1.98. The molecule has 2 heterocycles. The number of nitrogens with one attached hydrogen (secondary N) is 1. The van der Waals surface area contributed by atoms with Crippen LogP contribution in [0.25, 0.3) is 0 Å². The Kier molecular flexibility index (Phi) is 7.07. The molecular formula is C18H25ClN6O3. The van der Waals surface area contributed by atoms with E-state index in [1.807, 2.05) is 0 Å². The first kappa shape index (κ1) is 20.4. The van der Waals surface area contributed by atoms with Crippen molar-refractivity contribution in [2.75, 3.05) is 61.6 Å². The van der Waals surface area contributed by atoms with Crippen LogP contribution in [0.3, 0.4) is 0 Å². The maximum Gasteiger partial charge on any atom is 0.233 e. The molecule has 152 valence electrons. The molecule has 9 nitrogen and oxygen atoms in total. The molecule has 0 saturated carbocycles. The van der Waals surface area contributed by atoms with E-state index < -0.39 is 0 Å². The van der Waals surface area contributed by atoms with Crippen LogP contribution in [-0.4, -0.2) is 71.7 Å². The highest BCUT2D eigenvalue weighted by molar-refractivity contribution is 6.31. The van der Waals surface area contributed by atoms with E-state index >= 15 is 0 Å². The number of hydrogen-bond acceptors (Lipinski definition) is 9. The van der Waals surface area contributed by atoms with Crippen molar-refractivity contribution >= 4 is 35.1 Å². The van der Waals surface area contributed by atoms with E-state index in [4.69, 9.17) is 16.3 Å². The Hall–Kier alpha value is -2.36. The van der Waals surface area contributed by atoms with E-state index in [0.29, 0.717) is 47.4 Å². The molecule has 0 spiro atoms. The zero-order chi connectivity index (χ0) is 19.9. The summed E-state index contributed by atoms with van der Waals surface area (Å²) in [5, 5.41) is 22.4. The summed E-state index contributed by atoms with van der Waals surface area (Å²) in [6, 6.07) is 5.24. The van der Waals surface area contributed by atoms with Crippen LogP contribution < -0.4 is 19.9 Å². The van der Waals surface area contributed by atoms with E-state index in [9.17, 15) is 10.2 Å². The molecule has 28 heavy (non-hydrogen) atoms. The highest BCUT2D eigenvalue weighted by atomic mass is 35.5. The van der Waals surface area contributed by atoms with E-state index in [2.05, 4.69) is 25.2 Å². The quantitative estimate of drug-likeness (QED) is 0.571. The summed E-state index contributed by atoms with van der Waals surface area (Å²) in [5.41, 5.74) is 0.635. The minimum absolute atomic E-state index is 0.0738. The second-order valence-corrected chi connectivity index (χ2v) is 6.79.